The van der Waals surface area contributed by atoms with Gasteiger partial charge in [-0.3, -0.25) is 0 Å². The zero-order valence-electron chi connectivity index (χ0n) is 11.3. The topological polar surface area (TPSA) is 12.0 Å². The van der Waals surface area contributed by atoms with Crippen LogP contribution in [0.3, 0.4) is 0 Å². The molecule has 3 heteroatoms. The van der Waals surface area contributed by atoms with Crippen LogP contribution in [0, 0.1) is 6.92 Å². The van der Waals surface area contributed by atoms with Crippen LogP contribution >= 0.6 is 22.7 Å². The molecule has 2 aromatic rings. The summed E-state index contributed by atoms with van der Waals surface area (Å²) in [6, 6.07) is 9.49. The molecule has 0 bridgehead atoms. The van der Waals surface area contributed by atoms with E-state index in [2.05, 4.69) is 50.4 Å². The Hall–Kier alpha value is -0.640. The van der Waals surface area contributed by atoms with Gasteiger partial charge in [0.15, 0.2) is 0 Å². The highest BCUT2D eigenvalue weighted by Crippen LogP contribution is 2.18. The summed E-state index contributed by atoms with van der Waals surface area (Å²) in [5, 5.41) is 3.61. The van der Waals surface area contributed by atoms with Crippen LogP contribution in [0.25, 0.3) is 0 Å². The van der Waals surface area contributed by atoms with E-state index in [1.807, 2.05) is 22.7 Å². The maximum Gasteiger partial charge on any atom is 0.0302 e. The van der Waals surface area contributed by atoms with Gasteiger partial charge in [-0.05, 0) is 51.0 Å². The van der Waals surface area contributed by atoms with E-state index in [0.717, 1.165) is 19.4 Å². The molecule has 0 spiro atoms. The molecule has 0 aliphatic heterocycles. The van der Waals surface area contributed by atoms with Crippen LogP contribution in [-0.4, -0.2) is 6.04 Å². The zero-order chi connectivity index (χ0) is 13.0. The van der Waals surface area contributed by atoms with Crippen molar-refractivity contribution in [1.29, 1.82) is 0 Å². The van der Waals surface area contributed by atoms with Gasteiger partial charge in [-0.25, -0.2) is 0 Å². The first kappa shape index (κ1) is 13.8. The third-order valence-corrected chi connectivity index (χ3v) is 5.25. The molecule has 98 valence electrons. The third kappa shape index (κ3) is 3.94. The van der Waals surface area contributed by atoms with Crippen molar-refractivity contribution in [2.75, 3.05) is 0 Å². The Bertz CT molecular complexity index is 484. The van der Waals surface area contributed by atoms with Crippen LogP contribution in [0.5, 0.6) is 0 Å². The smallest absolute Gasteiger partial charge is 0.0302 e. The molecule has 0 aromatic carbocycles. The molecule has 18 heavy (non-hydrogen) atoms. The van der Waals surface area contributed by atoms with Crippen LogP contribution in [-0.2, 0) is 19.4 Å². The molecule has 2 rings (SSSR count). The lowest BCUT2D eigenvalue weighted by Crippen LogP contribution is -2.26. The molecule has 0 aliphatic carbocycles. The second kappa shape index (κ2) is 6.50. The second-order valence-electron chi connectivity index (χ2n) is 4.72. The van der Waals surface area contributed by atoms with Crippen LogP contribution < -0.4 is 5.32 Å². The molecular weight excluding hydrogens is 258 g/mol. The molecule has 0 aliphatic rings. The Morgan fingerprint density at radius 1 is 1.06 bits per heavy atom. The molecule has 0 radical (unpaired) electrons. The molecule has 0 fully saturated rings. The fourth-order valence-electron chi connectivity index (χ4n) is 1.95. The summed E-state index contributed by atoms with van der Waals surface area (Å²) in [6.07, 6.45) is 2.28. The van der Waals surface area contributed by atoms with Crippen LogP contribution in [0.15, 0.2) is 24.3 Å². The minimum atomic E-state index is 0.537. The molecule has 0 amide bonds. The van der Waals surface area contributed by atoms with Crippen LogP contribution in [0.4, 0.5) is 0 Å². The van der Waals surface area contributed by atoms with Crippen molar-refractivity contribution in [3.05, 3.63) is 43.8 Å². The van der Waals surface area contributed by atoms with Crippen LogP contribution in [0.1, 0.15) is 33.4 Å². The lowest BCUT2D eigenvalue weighted by atomic mass is 10.2. The number of thiophene rings is 2. The quantitative estimate of drug-likeness (QED) is 0.826. The Labute approximate surface area is 118 Å². The monoisotopic (exact) mass is 279 g/mol. The van der Waals surface area contributed by atoms with Gasteiger partial charge in [0, 0.05) is 32.1 Å². The number of rotatable bonds is 6. The SMILES string of the molecule is CCc1ccc(CNC(C)Cc2ccc(C)s2)s1. The summed E-state index contributed by atoms with van der Waals surface area (Å²) in [6.45, 7) is 7.65. The molecule has 2 aromatic heterocycles. The predicted octanol–water partition coefficient (Wildman–Crippen LogP) is 4.40. The van der Waals surface area contributed by atoms with Gasteiger partial charge in [0.05, 0.1) is 0 Å². The van der Waals surface area contributed by atoms with Gasteiger partial charge in [0.25, 0.3) is 0 Å². The zero-order valence-corrected chi connectivity index (χ0v) is 13.0. The highest BCUT2D eigenvalue weighted by atomic mass is 32.1. The summed E-state index contributed by atoms with van der Waals surface area (Å²) in [5.74, 6) is 0. The Kier molecular flexibility index (Phi) is 4.98. The molecule has 1 unspecified atom stereocenters. The van der Waals surface area contributed by atoms with E-state index in [0.29, 0.717) is 6.04 Å². The fourth-order valence-corrected chi connectivity index (χ4v) is 3.88. The molecular formula is C15H21NS2. The number of aryl methyl sites for hydroxylation is 2. The first-order valence-corrected chi connectivity index (χ1v) is 8.17. The van der Waals surface area contributed by atoms with Gasteiger partial charge in [-0.1, -0.05) is 6.92 Å². The Morgan fingerprint density at radius 3 is 2.39 bits per heavy atom. The summed E-state index contributed by atoms with van der Waals surface area (Å²) in [4.78, 5) is 5.81. The largest absolute Gasteiger partial charge is 0.309 e. The molecule has 1 N–H and O–H groups in total. The van der Waals surface area contributed by atoms with Gasteiger partial charge in [-0.2, -0.15) is 0 Å². The summed E-state index contributed by atoms with van der Waals surface area (Å²) in [7, 11) is 0. The van der Waals surface area contributed by atoms with Crippen LogP contribution in [0.2, 0.25) is 0 Å². The number of hydrogen-bond donors (Lipinski definition) is 1. The van der Waals surface area contributed by atoms with E-state index in [4.69, 9.17) is 0 Å². The average molecular weight is 279 g/mol. The summed E-state index contributed by atoms with van der Waals surface area (Å²) < 4.78 is 0. The number of nitrogens with one attached hydrogen (secondary N) is 1. The van der Waals surface area contributed by atoms with E-state index in [1.54, 1.807) is 0 Å². The van der Waals surface area contributed by atoms with Gasteiger partial charge in [0.1, 0.15) is 0 Å². The number of hydrogen-bond acceptors (Lipinski definition) is 3. The fraction of sp³-hybridized carbons (Fsp3) is 0.467. The van der Waals surface area contributed by atoms with Gasteiger partial charge < -0.3 is 5.32 Å². The standard InChI is InChI=1S/C15H21NS2/c1-4-13-7-8-15(18-13)10-16-11(2)9-14-6-5-12(3)17-14/h5-8,11,16H,4,9-10H2,1-3H3. The van der Waals surface area contributed by atoms with Crippen molar-refractivity contribution in [2.45, 2.75) is 46.2 Å². The lowest BCUT2D eigenvalue weighted by Gasteiger charge is -2.11. The first-order chi connectivity index (χ1) is 8.67. The summed E-state index contributed by atoms with van der Waals surface area (Å²) in [5.41, 5.74) is 0. The Balaban J connectivity index is 1.79. The van der Waals surface area contributed by atoms with Crippen molar-refractivity contribution in [3.8, 4) is 0 Å². The minimum absolute atomic E-state index is 0.537. The average Bonchev–Trinajstić information content (AvgIpc) is 2.95. The molecule has 0 saturated carbocycles. The van der Waals surface area contributed by atoms with Crippen molar-refractivity contribution < 1.29 is 0 Å². The van der Waals surface area contributed by atoms with E-state index in [1.165, 1.54) is 19.5 Å². The van der Waals surface area contributed by atoms with Gasteiger partial charge >= 0.3 is 0 Å². The van der Waals surface area contributed by atoms with Crippen molar-refractivity contribution >= 4 is 22.7 Å². The highest BCUT2D eigenvalue weighted by Gasteiger charge is 2.06. The Morgan fingerprint density at radius 2 is 1.78 bits per heavy atom. The lowest BCUT2D eigenvalue weighted by molar-refractivity contribution is 0.552. The van der Waals surface area contributed by atoms with Crippen molar-refractivity contribution in [2.24, 2.45) is 0 Å². The predicted molar refractivity (Wildman–Crippen MR) is 82.8 cm³/mol. The molecule has 2 heterocycles. The van der Waals surface area contributed by atoms with E-state index in [-0.39, 0.29) is 0 Å². The third-order valence-electron chi connectivity index (χ3n) is 2.99. The highest BCUT2D eigenvalue weighted by molar-refractivity contribution is 7.12. The maximum absolute atomic E-state index is 3.61. The van der Waals surface area contributed by atoms with E-state index < -0.39 is 0 Å². The second-order valence-corrected chi connectivity index (χ2v) is 7.35. The minimum Gasteiger partial charge on any atom is -0.309 e. The molecule has 0 saturated heterocycles. The van der Waals surface area contributed by atoms with E-state index >= 15 is 0 Å². The first-order valence-electron chi connectivity index (χ1n) is 6.53. The molecule has 1 atom stereocenters. The normalized spacial score (nSPS) is 12.8. The van der Waals surface area contributed by atoms with Gasteiger partial charge in [0.2, 0.25) is 0 Å². The van der Waals surface area contributed by atoms with Crippen molar-refractivity contribution in [1.82, 2.24) is 5.32 Å². The maximum atomic E-state index is 3.61. The molecule has 1 nitrogen and oxygen atoms in total. The van der Waals surface area contributed by atoms with Gasteiger partial charge in [-0.15, -0.1) is 22.7 Å². The summed E-state index contributed by atoms with van der Waals surface area (Å²) >= 11 is 3.83. The van der Waals surface area contributed by atoms with Crippen molar-refractivity contribution in [3.63, 3.8) is 0 Å². The van der Waals surface area contributed by atoms with E-state index in [9.17, 15) is 0 Å².